The van der Waals surface area contributed by atoms with E-state index in [1.807, 2.05) is 0 Å². The lowest BCUT2D eigenvalue weighted by Gasteiger charge is -2.30. The van der Waals surface area contributed by atoms with E-state index in [4.69, 9.17) is 11.5 Å². The first-order valence-corrected chi connectivity index (χ1v) is 11.9. The van der Waals surface area contributed by atoms with Crippen LogP contribution in [0.1, 0.15) is 46.4 Å². The van der Waals surface area contributed by atoms with Crippen LogP contribution >= 0.6 is 0 Å². The van der Waals surface area contributed by atoms with Crippen molar-refractivity contribution in [2.24, 2.45) is 11.5 Å². The van der Waals surface area contributed by atoms with Crippen molar-refractivity contribution in [3.63, 3.8) is 0 Å². The zero-order chi connectivity index (χ0) is 28.2. The molecular formula is C25H25F4N7O3. The fourth-order valence-corrected chi connectivity index (χ4v) is 4.11. The minimum Gasteiger partial charge on any atom is -0.406 e. The molecular weight excluding hydrogens is 522 g/mol. The smallest absolute Gasteiger partial charge is 0.406 e. The van der Waals surface area contributed by atoms with Gasteiger partial charge in [0.2, 0.25) is 0 Å². The van der Waals surface area contributed by atoms with Crippen LogP contribution in [0.25, 0.3) is 0 Å². The number of aromatic nitrogens is 2. The maximum absolute atomic E-state index is 14.8. The number of hydrogen-bond donors (Lipinski definition) is 5. The number of hydrogen-bond acceptors (Lipinski definition) is 8. The number of nitrogens with one attached hydrogen (secondary N) is 3. The lowest BCUT2D eigenvalue weighted by Crippen LogP contribution is -2.43. The van der Waals surface area contributed by atoms with Crippen LogP contribution in [0, 0.1) is 5.82 Å². The first kappa shape index (κ1) is 27.6. The molecule has 2 atom stereocenters. The Kier molecular flexibility index (Phi) is 8.14. The third kappa shape index (κ3) is 7.31. The Balaban J connectivity index is 1.50. The maximum atomic E-state index is 14.8. The lowest BCUT2D eigenvalue weighted by molar-refractivity contribution is -0.274. The molecule has 10 nitrogen and oxygen atoms in total. The molecule has 1 aromatic carbocycles. The van der Waals surface area contributed by atoms with E-state index in [1.54, 1.807) is 0 Å². The monoisotopic (exact) mass is 547 g/mol. The molecule has 14 heteroatoms. The summed E-state index contributed by atoms with van der Waals surface area (Å²) in [5.74, 6) is -2.91. The van der Waals surface area contributed by atoms with Crippen molar-refractivity contribution in [1.29, 1.82) is 0 Å². The average Bonchev–Trinajstić information content (AvgIpc) is 2.86. The molecule has 0 bridgehead atoms. The molecule has 0 saturated heterocycles. The number of nitrogens with zero attached hydrogens (tertiary/aromatic N) is 2. The van der Waals surface area contributed by atoms with Crippen LogP contribution in [0.2, 0.25) is 0 Å². The van der Waals surface area contributed by atoms with E-state index in [0.717, 1.165) is 43.9 Å². The fraction of sp³-hybridized carbons (Fsp3) is 0.280. The summed E-state index contributed by atoms with van der Waals surface area (Å²) < 4.78 is 55.6. The zero-order valence-corrected chi connectivity index (χ0v) is 20.4. The molecule has 0 spiro atoms. The van der Waals surface area contributed by atoms with Crippen LogP contribution < -0.4 is 32.2 Å². The third-order valence-electron chi connectivity index (χ3n) is 5.99. The predicted octanol–water partition coefficient (Wildman–Crippen LogP) is 4.29. The van der Waals surface area contributed by atoms with Gasteiger partial charge in [-0.2, -0.15) is 0 Å². The summed E-state index contributed by atoms with van der Waals surface area (Å²) >= 11 is 0. The summed E-state index contributed by atoms with van der Waals surface area (Å²) in [6, 6.07) is 6.42. The number of ether oxygens (including phenoxy) is 1. The van der Waals surface area contributed by atoms with Gasteiger partial charge in [0.25, 0.3) is 11.8 Å². The zero-order valence-electron chi connectivity index (χ0n) is 20.4. The highest BCUT2D eigenvalue weighted by Gasteiger charge is 2.31. The molecule has 1 unspecified atom stereocenters. The van der Waals surface area contributed by atoms with Crippen LogP contribution in [0.15, 0.2) is 48.8 Å². The van der Waals surface area contributed by atoms with Crippen molar-refractivity contribution in [2.45, 2.75) is 44.1 Å². The minimum atomic E-state index is -4.85. The summed E-state index contributed by atoms with van der Waals surface area (Å²) in [6.45, 7) is 0. The van der Waals surface area contributed by atoms with E-state index in [1.165, 1.54) is 30.6 Å². The molecule has 2 aromatic heterocycles. The molecule has 1 aliphatic rings. The second-order valence-corrected chi connectivity index (χ2v) is 8.89. The van der Waals surface area contributed by atoms with Gasteiger partial charge in [-0.3, -0.25) is 14.6 Å². The van der Waals surface area contributed by atoms with Gasteiger partial charge in [-0.25, -0.2) is 9.37 Å². The first-order valence-electron chi connectivity index (χ1n) is 11.9. The Morgan fingerprint density at radius 2 is 1.69 bits per heavy atom. The molecule has 2 heterocycles. The Labute approximate surface area is 220 Å². The van der Waals surface area contributed by atoms with Crippen LogP contribution in [-0.2, 0) is 0 Å². The average molecular weight is 548 g/mol. The van der Waals surface area contributed by atoms with Crippen molar-refractivity contribution >= 4 is 34.8 Å². The normalized spacial score (nSPS) is 17.3. The standard InChI is InChI=1S/C25H25F4N7O3/c26-18-10-17(21(31)37)22(36-23(18)35-20-4-2-1-3-19(20)30)33-14-9-15(12-32-11-14)34-24(38)13-5-7-16(8-6-13)39-25(27,28)29/h5-12,19-20H,1-4,30H2,(H2,31,37)(H,34,38)(H2,33,35,36)/t19-,20?/m0/s1. The minimum absolute atomic E-state index is 0.0405. The van der Waals surface area contributed by atoms with E-state index >= 15 is 0 Å². The van der Waals surface area contributed by atoms with Gasteiger partial charge < -0.3 is 32.2 Å². The summed E-state index contributed by atoms with van der Waals surface area (Å²) in [5.41, 5.74) is 11.9. The molecule has 0 aliphatic heterocycles. The van der Waals surface area contributed by atoms with E-state index in [9.17, 15) is 27.2 Å². The molecule has 1 saturated carbocycles. The third-order valence-corrected chi connectivity index (χ3v) is 5.99. The fourth-order valence-electron chi connectivity index (χ4n) is 4.11. The van der Waals surface area contributed by atoms with Gasteiger partial charge in [-0.1, -0.05) is 12.8 Å². The number of rotatable bonds is 8. The number of pyridine rings is 2. The van der Waals surface area contributed by atoms with Crippen LogP contribution in [0.3, 0.4) is 0 Å². The lowest BCUT2D eigenvalue weighted by atomic mass is 9.91. The SMILES string of the molecule is NC(=O)c1cc(F)c(NC2CCCC[C@@H]2N)nc1Nc1cncc(NC(=O)c2ccc(OC(F)(F)F)cc2)c1. The van der Waals surface area contributed by atoms with E-state index in [0.29, 0.717) is 0 Å². The van der Waals surface area contributed by atoms with Crippen molar-refractivity contribution in [2.75, 3.05) is 16.0 Å². The quantitative estimate of drug-likeness (QED) is 0.261. The topological polar surface area (TPSA) is 157 Å². The van der Waals surface area contributed by atoms with E-state index in [-0.39, 0.29) is 46.2 Å². The second kappa shape index (κ2) is 11.5. The number of anilines is 4. The number of carbonyl (C=O) groups is 2. The summed E-state index contributed by atoms with van der Waals surface area (Å²) in [4.78, 5) is 32.8. The highest BCUT2D eigenvalue weighted by atomic mass is 19.4. The Hall–Kier alpha value is -4.46. The summed E-state index contributed by atoms with van der Waals surface area (Å²) in [6.07, 6.45) is 1.31. The Morgan fingerprint density at radius 1 is 1.00 bits per heavy atom. The molecule has 39 heavy (non-hydrogen) atoms. The van der Waals surface area contributed by atoms with Crippen molar-refractivity contribution in [1.82, 2.24) is 9.97 Å². The largest absolute Gasteiger partial charge is 0.573 e. The number of halogens is 4. The van der Waals surface area contributed by atoms with Crippen molar-refractivity contribution in [3.05, 3.63) is 65.7 Å². The van der Waals surface area contributed by atoms with Gasteiger partial charge in [0, 0.05) is 17.6 Å². The molecule has 1 fully saturated rings. The van der Waals surface area contributed by atoms with Crippen LogP contribution in [0.4, 0.5) is 40.6 Å². The van der Waals surface area contributed by atoms with Crippen molar-refractivity contribution in [3.8, 4) is 5.75 Å². The van der Waals surface area contributed by atoms with Crippen LogP contribution in [-0.4, -0.2) is 40.2 Å². The van der Waals surface area contributed by atoms with Gasteiger partial charge in [0.05, 0.1) is 29.3 Å². The highest BCUT2D eigenvalue weighted by Crippen LogP contribution is 2.28. The summed E-state index contributed by atoms with van der Waals surface area (Å²) in [7, 11) is 0. The molecule has 206 valence electrons. The van der Waals surface area contributed by atoms with Crippen LogP contribution in [0.5, 0.6) is 5.75 Å². The Morgan fingerprint density at radius 3 is 2.36 bits per heavy atom. The number of benzene rings is 1. The number of carbonyl (C=O) groups excluding carboxylic acids is 2. The Bertz CT molecular complexity index is 1350. The molecule has 0 radical (unpaired) electrons. The number of alkyl halides is 3. The predicted molar refractivity (Wildman–Crippen MR) is 135 cm³/mol. The molecule has 4 rings (SSSR count). The first-order chi connectivity index (χ1) is 18.5. The van der Waals surface area contributed by atoms with Crippen molar-refractivity contribution < 1.29 is 31.9 Å². The van der Waals surface area contributed by atoms with Gasteiger partial charge in [0.15, 0.2) is 11.6 Å². The van der Waals surface area contributed by atoms with E-state index in [2.05, 4.69) is 30.7 Å². The highest BCUT2D eigenvalue weighted by molar-refractivity contribution is 6.04. The van der Waals surface area contributed by atoms with E-state index < -0.39 is 29.7 Å². The van der Waals surface area contributed by atoms with Gasteiger partial charge in [0.1, 0.15) is 11.6 Å². The second-order valence-electron chi connectivity index (χ2n) is 8.89. The van der Waals surface area contributed by atoms with Gasteiger partial charge >= 0.3 is 6.36 Å². The maximum Gasteiger partial charge on any atom is 0.573 e. The summed E-state index contributed by atoms with van der Waals surface area (Å²) in [5, 5.41) is 8.45. The number of amides is 2. The van der Waals surface area contributed by atoms with Gasteiger partial charge in [-0.15, -0.1) is 13.2 Å². The van der Waals surface area contributed by atoms with Gasteiger partial charge in [-0.05, 0) is 49.2 Å². The molecule has 7 N–H and O–H groups in total. The molecule has 2 amide bonds. The number of primary amides is 1. The number of nitrogens with two attached hydrogens (primary N) is 2. The molecule has 1 aliphatic carbocycles. The molecule has 3 aromatic rings.